The topological polar surface area (TPSA) is 70.5 Å². The zero-order chi connectivity index (χ0) is 26.5. The van der Waals surface area contributed by atoms with E-state index in [0.29, 0.717) is 35.5 Å². The van der Waals surface area contributed by atoms with E-state index in [1.54, 1.807) is 15.5 Å². The number of aromatic nitrogens is 2. The van der Waals surface area contributed by atoms with Crippen molar-refractivity contribution in [2.45, 2.75) is 26.3 Å². The molecule has 0 aliphatic heterocycles. The lowest BCUT2D eigenvalue weighted by atomic mass is 10.1. The number of carbonyl (C=O) groups excluding carboxylic acids is 1. The SMILES string of the molecule is CCc1ccc(-n2c(C(C)N(CCN(C)C)C(=O)Nc3ccccc3Br)nc3ccccc3c2=O)cc1. The molecular weight excluding hydrogens is 530 g/mol. The fourth-order valence-corrected chi connectivity index (χ4v) is 4.61. The van der Waals surface area contributed by atoms with Gasteiger partial charge in [-0.2, -0.15) is 0 Å². The first-order valence-corrected chi connectivity index (χ1v) is 13.2. The number of nitrogens with zero attached hydrogens (tertiary/aromatic N) is 4. The van der Waals surface area contributed by atoms with E-state index in [2.05, 4.69) is 28.2 Å². The molecule has 7 nitrogen and oxygen atoms in total. The average molecular weight is 563 g/mol. The van der Waals surface area contributed by atoms with E-state index < -0.39 is 6.04 Å². The smallest absolute Gasteiger partial charge is 0.313 e. The Morgan fingerprint density at radius 3 is 2.35 bits per heavy atom. The third-order valence-corrected chi connectivity index (χ3v) is 7.10. The highest BCUT2D eigenvalue weighted by molar-refractivity contribution is 9.10. The van der Waals surface area contributed by atoms with Gasteiger partial charge in [-0.3, -0.25) is 9.36 Å². The van der Waals surface area contributed by atoms with Crippen LogP contribution in [0.4, 0.5) is 10.5 Å². The van der Waals surface area contributed by atoms with Gasteiger partial charge in [0.25, 0.3) is 5.56 Å². The van der Waals surface area contributed by atoms with Crippen molar-refractivity contribution in [3.63, 3.8) is 0 Å². The Bertz CT molecular complexity index is 1450. The lowest BCUT2D eigenvalue weighted by Gasteiger charge is -2.31. The number of fused-ring (bicyclic) bond motifs is 1. The number of urea groups is 1. The molecule has 0 aliphatic rings. The summed E-state index contributed by atoms with van der Waals surface area (Å²) in [4.78, 5) is 36.1. The van der Waals surface area contributed by atoms with E-state index in [9.17, 15) is 9.59 Å². The maximum atomic E-state index is 13.8. The van der Waals surface area contributed by atoms with E-state index in [0.717, 1.165) is 16.6 Å². The van der Waals surface area contributed by atoms with Gasteiger partial charge in [0.15, 0.2) is 0 Å². The molecule has 4 rings (SSSR count). The van der Waals surface area contributed by atoms with E-state index in [4.69, 9.17) is 4.98 Å². The molecule has 0 saturated heterocycles. The minimum atomic E-state index is -0.495. The minimum Gasteiger partial charge on any atom is -0.313 e. The summed E-state index contributed by atoms with van der Waals surface area (Å²) >= 11 is 3.51. The van der Waals surface area contributed by atoms with E-state index >= 15 is 0 Å². The van der Waals surface area contributed by atoms with Gasteiger partial charge in [0.2, 0.25) is 0 Å². The molecule has 0 fully saturated rings. The van der Waals surface area contributed by atoms with Crippen LogP contribution in [0.1, 0.15) is 31.3 Å². The molecule has 192 valence electrons. The highest BCUT2D eigenvalue weighted by Gasteiger charge is 2.27. The van der Waals surface area contributed by atoms with Crippen LogP contribution in [0.5, 0.6) is 0 Å². The fraction of sp³-hybridized carbons (Fsp3) is 0.276. The van der Waals surface area contributed by atoms with E-state index in [1.165, 1.54) is 5.56 Å². The number of para-hydroxylation sites is 2. The second-order valence-electron chi connectivity index (χ2n) is 9.23. The third kappa shape index (κ3) is 5.92. The molecule has 2 amide bonds. The van der Waals surface area contributed by atoms with Crippen LogP contribution in [-0.2, 0) is 6.42 Å². The number of nitrogens with one attached hydrogen (secondary N) is 1. The van der Waals surface area contributed by atoms with Gasteiger partial charge in [0.05, 0.1) is 28.3 Å². The minimum absolute atomic E-state index is 0.157. The first-order valence-electron chi connectivity index (χ1n) is 12.4. The molecule has 3 aromatic carbocycles. The second-order valence-corrected chi connectivity index (χ2v) is 10.1. The Balaban J connectivity index is 1.83. The summed E-state index contributed by atoms with van der Waals surface area (Å²) in [5.41, 5.74) is 3.03. The van der Waals surface area contributed by atoms with Crippen LogP contribution < -0.4 is 10.9 Å². The van der Waals surface area contributed by atoms with Gasteiger partial charge in [-0.25, -0.2) is 9.78 Å². The molecule has 37 heavy (non-hydrogen) atoms. The first kappa shape index (κ1) is 26.6. The Kier molecular flexibility index (Phi) is 8.41. The van der Waals surface area contributed by atoms with Crippen molar-refractivity contribution in [1.82, 2.24) is 19.4 Å². The maximum absolute atomic E-state index is 13.8. The lowest BCUT2D eigenvalue weighted by molar-refractivity contribution is 0.181. The van der Waals surface area contributed by atoms with Crippen molar-refractivity contribution in [1.29, 1.82) is 0 Å². The van der Waals surface area contributed by atoms with Crippen LogP contribution in [0.3, 0.4) is 0 Å². The second kappa shape index (κ2) is 11.7. The lowest BCUT2D eigenvalue weighted by Crippen LogP contribution is -2.43. The molecule has 8 heteroatoms. The number of benzene rings is 3. The Morgan fingerprint density at radius 1 is 1.00 bits per heavy atom. The molecule has 1 aromatic heterocycles. The van der Waals surface area contributed by atoms with E-state index in [1.807, 2.05) is 92.6 Å². The van der Waals surface area contributed by atoms with Crippen LogP contribution >= 0.6 is 15.9 Å². The molecule has 1 heterocycles. The van der Waals surface area contributed by atoms with E-state index in [-0.39, 0.29) is 11.6 Å². The number of rotatable bonds is 8. The molecular formula is C29H32BrN5O2. The standard InChI is InChI=1S/C29H32BrN5O2/c1-5-21-14-16-22(17-15-21)35-27(31-25-12-8-6-10-23(25)28(35)36)20(2)34(19-18-33(3)4)29(37)32-26-13-9-7-11-24(26)30/h6-17,20H,5,18-19H2,1-4H3,(H,32,37). The van der Waals surface area contributed by atoms with Crippen molar-refractivity contribution in [2.24, 2.45) is 0 Å². The third-order valence-electron chi connectivity index (χ3n) is 6.41. The van der Waals surface area contributed by atoms with Crippen molar-refractivity contribution >= 4 is 38.6 Å². The summed E-state index contributed by atoms with van der Waals surface area (Å²) in [6.45, 7) is 5.11. The number of halogens is 1. The normalized spacial score (nSPS) is 12.1. The quantitative estimate of drug-likeness (QED) is 0.292. The predicted octanol–water partition coefficient (Wildman–Crippen LogP) is 5.87. The van der Waals surface area contributed by atoms with Crippen LogP contribution in [0.15, 0.2) is 82.1 Å². The molecule has 0 radical (unpaired) electrons. The van der Waals surface area contributed by atoms with Gasteiger partial charge in [0, 0.05) is 17.6 Å². The van der Waals surface area contributed by atoms with Crippen molar-refractivity contribution < 1.29 is 4.79 Å². The van der Waals surface area contributed by atoms with Crippen LogP contribution in [-0.4, -0.2) is 52.6 Å². The van der Waals surface area contributed by atoms with Gasteiger partial charge in [-0.1, -0.05) is 43.3 Å². The predicted molar refractivity (Wildman–Crippen MR) is 154 cm³/mol. The maximum Gasteiger partial charge on any atom is 0.322 e. The molecule has 1 atom stereocenters. The molecule has 0 aliphatic carbocycles. The number of likely N-dealkylation sites (N-methyl/N-ethyl adjacent to an activating group) is 1. The van der Waals surface area contributed by atoms with Crippen LogP contribution in [0.2, 0.25) is 0 Å². The summed E-state index contributed by atoms with van der Waals surface area (Å²) in [6, 6.07) is 22.0. The number of hydrogen-bond donors (Lipinski definition) is 1. The van der Waals surface area contributed by atoms with Crippen LogP contribution in [0.25, 0.3) is 16.6 Å². The Morgan fingerprint density at radius 2 is 1.68 bits per heavy atom. The molecule has 1 N–H and O–H groups in total. The average Bonchev–Trinajstić information content (AvgIpc) is 2.90. The monoisotopic (exact) mass is 561 g/mol. The fourth-order valence-electron chi connectivity index (χ4n) is 4.23. The molecule has 0 spiro atoms. The molecule has 0 saturated carbocycles. The summed E-state index contributed by atoms with van der Waals surface area (Å²) in [5.74, 6) is 0.508. The van der Waals surface area contributed by atoms with Gasteiger partial charge < -0.3 is 15.1 Å². The highest BCUT2D eigenvalue weighted by Crippen LogP contribution is 2.26. The first-order chi connectivity index (χ1) is 17.8. The summed E-state index contributed by atoms with van der Waals surface area (Å²) in [7, 11) is 3.93. The van der Waals surface area contributed by atoms with Crippen molar-refractivity contribution in [3.8, 4) is 5.69 Å². The van der Waals surface area contributed by atoms with Crippen LogP contribution in [0, 0.1) is 0 Å². The van der Waals surface area contributed by atoms with Crippen molar-refractivity contribution in [2.75, 3.05) is 32.5 Å². The number of hydrogen-bond acceptors (Lipinski definition) is 4. The Hall–Kier alpha value is -3.49. The van der Waals surface area contributed by atoms with Gasteiger partial charge in [0.1, 0.15) is 5.82 Å². The van der Waals surface area contributed by atoms with Gasteiger partial charge >= 0.3 is 6.03 Å². The van der Waals surface area contributed by atoms with Crippen molar-refractivity contribution in [3.05, 3.63) is 99.0 Å². The molecule has 4 aromatic rings. The summed E-state index contributed by atoms with van der Waals surface area (Å²) in [6.07, 6.45) is 0.905. The number of amides is 2. The van der Waals surface area contributed by atoms with Gasteiger partial charge in [-0.15, -0.1) is 0 Å². The highest BCUT2D eigenvalue weighted by atomic mass is 79.9. The summed E-state index contributed by atoms with van der Waals surface area (Å²) in [5, 5.41) is 3.55. The number of carbonyl (C=O) groups is 1. The van der Waals surface area contributed by atoms with Gasteiger partial charge in [-0.05, 0) is 85.3 Å². The Labute approximate surface area is 225 Å². The molecule has 1 unspecified atom stereocenters. The number of aryl methyl sites for hydroxylation is 1. The summed E-state index contributed by atoms with van der Waals surface area (Å²) < 4.78 is 2.43. The zero-order valence-electron chi connectivity index (χ0n) is 21.6. The largest absolute Gasteiger partial charge is 0.322 e. The molecule has 0 bridgehead atoms. The zero-order valence-corrected chi connectivity index (χ0v) is 23.2. The number of anilines is 1.